The van der Waals surface area contributed by atoms with E-state index in [-0.39, 0.29) is 0 Å². The van der Waals surface area contributed by atoms with E-state index < -0.39 is 0 Å². The van der Waals surface area contributed by atoms with E-state index in [0.717, 1.165) is 43.0 Å². The molecule has 2 aromatic rings. The second-order valence-corrected chi connectivity index (χ2v) is 5.43. The molecule has 1 fully saturated rings. The Morgan fingerprint density at radius 1 is 1.43 bits per heavy atom. The monoisotopic (exact) mass is 288 g/mol. The average Bonchev–Trinajstić information content (AvgIpc) is 2.96. The minimum absolute atomic E-state index is 0.439. The number of hydrogen-bond donors (Lipinski definition) is 0. The third-order valence-corrected chi connectivity index (χ3v) is 4.24. The lowest BCUT2D eigenvalue weighted by atomic mass is 10.1. The van der Waals surface area contributed by atoms with E-state index >= 15 is 0 Å². The predicted molar refractivity (Wildman–Crippen MR) is 81.1 cm³/mol. The Kier molecular flexibility index (Phi) is 3.84. The molecule has 0 aliphatic carbocycles. The third-order valence-electron chi connectivity index (χ3n) is 4.24. The molecule has 3 rings (SSSR count). The Labute approximate surface area is 124 Å². The van der Waals surface area contributed by atoms with E-state index in [2.05, 4.69) is 16.3 Å². The summed E-state index contributed by atoms with van der Waals surface area (Å²) in [5, 5.41) is 0. The largest absolute Gasteiger partial charge is 0.428 e. The van der Waals surface area contributed by atoms with Gasteiger partial charge in [0.1, 0.15) is 11.6 Å². The minimum Gasteiger partial charge on any atom is -0.428 e. The summed E-state index contributed by atoms with van der Waals surface area (Å²) < 4.78 is 12.7. The van der Waals surface area contributed by atoms with E-state index in [4.69, 9.17) is 9.47 Å². The highest BCUT2D eigenvalue weighted by Crippen LogP contribution is 2.33. The van der Waals surface area contributed by atoms with Gasteiger partial charge in [-0.05, 0) is 31.9 Å². The van der Waals surface area contributed by atoms with Crippen molar-refractivity contribution in [3.8, 4) is 5.75 Å². The van der Waals surface area contributed by atoms with Crippen molar-refractivity contribution in [2.75, 3.05) is 25.2 Å². The second-order valence-electron chi connectivity index (χ2n) is 5.43. The Bertz CT molecular complexity index is 644. The fourth-order valence-corrected chi connectivity index (χ4v) is 3.09. The number of pyridine rings is 1. The zero-order valence-electron chi connectivity index (χ0n) is 12.4. The first-order chi connectivity index (χ1) is 10.2. The van der Waals surface area contributed by atoms with Crippen molar-refractivity contribution in [1.29, 1.82) is 0 Å². The smallest absolute Gasteiger partial charge is 0.298 e. The lowest BCUT2D eigenvalue weighted by molar-refractivity contribution is -0.120. The van der Waals surface area contributed by atoms with Crippen molar-refractivity contribution in [3.05, 3.63) is 30.0 Å². The van der Waals surface area contributed by atoms with Crippen molar-refractivity contribution >= 4 is 17.8 Å². The Morgan fingerprint density at radius 3 is 2.90 bits per heavy atom. The molecule has 112 valence electrons. The molecule has 1 aliphatic heterocycles. The van der Waals surface area contributed by atoms with Gasteiger partial charge in [0.05, 0.1) is 5.52 Å². The predicted octanol–water partition coefficient (Wildman–Crippen LogP) is 2.40. The molecule has 1 saturated heterocycles. The molecule has 0 aromatic carbocycles. The van der Waals surface area contributed by atoms with Gasteiger partial charge in [-0.25, -0.2) is 0 Å². The number of rotatable bonds is 4. The van der Waals surface area contributed by atoms with Gasteiger partial charge in [0.2, 0.25) is 0 Å². The van der Waals surface area contributed by atoms with Crippen LogP contribution in [0.15, 0.2) is 24.4 Å². The summed E-state index contributed by atoms with van der Waals surface area (Å²) in [6.45, 7) is 4.07. The van der Waals surface area contributed by atoms with Crippen LogP contribution in [-0.2, 0) is 9.53 Å². The Hall–Kier alpha value is -2.01. The summed E-state index contributed by atoms with van der Waals surface area (Å²) in [4.78, 5) is 13.0. The zero-order valence-corrected chi connectivity index (χ0v) is 12.4. The normalized spacial score (nSPS) is 16.1. The van der Waals surface area contributed by atoms with Crippen LogP contribution in [0.1, 0.15) is 18.4 Å². The van der Waals surface area contributed by atoms with Gasteiger partial charge in [-0.3, -0.25) is 4.79 Å². The third kappa shape index (κ3) is 2.49. The summed E-state index contributed by atoms with van der Waals surface area (Å²) in [5.74, 6) is 1.69. The summed E-state index contributed by atoms with van der Waals surface area (Å²) in [6.07, 6.45) is 4.06. The summed E-state index contributed by atoms with van der Waals surface area (Å²) >= 11 is 0. The topological polar surface area (TPSA) is 43.2 Å². The molecule has 1 aliphatic rings. The van der Waals surface area contributed by atoms with Gasteiger partial charge in [-0.1, -0.05) is 0 Å². The molecule has 0 amide bonds. The first-order valence-electron chi connectivity index (χ1n) is 7.24. The van der Waals surface area contributed by atoms with Crippen LogP contribution in [0, 0.1) is 6.92 Å². The van der Waals surface area contributed by atoms with Crippen LogP contribution in [0.25, 0.3) is 5.52 Å². The molecule has 0 bridgehead atoms. The van der Waals surface area contributed by atoms with Crippen molar-refractivity contribution in [2.24, 2.45) is 0 Å². The van der Waals surface area contributed by atoms with Crippen LogP contribution in [0.5, 0.6) is 5.75 Å². The molecule has 2 aromatic heterocycles. The van der Waals surface area contributed by atoms with E-state index in [1.54, 1.807) is 0 Å². The molecule has 0 unspecified atom stereocenters. The van der Waals surface area contributed by atoms with Crippen molar-refractivity contribution in [1.82, 2.24) is 4.40 Å². The first-order valence-corrected chi connectivity index (χ1v) is 7.24. The van der Waals surface area contributed by atoms with E-state index in [9.17, 15) is 4.79 Å². The molecule has 0 N–H and O–H groups in total. The SMILES string of the molecule is Cc1c(OC=O)cc2cccn2c1N(C)C1CCOCC1. The quantitative estimate of drug-likeness (QED) is 0.810. The highest BCUT2D eigenvalue weighted by Gasteiger charge is 2.23. The molecule has 21 heavy (non-hydrogen) atoms. The molecule has 5 heteroatoms. The number of carbonyl (C=O) groups excluding carboxylic acids is 1. The summed E-state index contributed by atoms with van der Waals surface area (Å²) in [5.41, 5.74) is 1.99. The minimum atomic E-state index is 0.439. The first kappa shape index (κ1) is 13.9. The van der Waals surface area contributed by atoms with Crippen LogP contribution >= 0.6 is 0 Å². The molecule has 0 radical (unpaired) electrons. The lowest BCUT2D eigenvalue weighted by Gasteiger charge is -2.34. The molecule has 0 saturated carbocycles. The van der Waals surface area contributed by atoms with Crippen molar-refractivity contribution in [3.63, 3.8) is 0 Å². The van der Waals surface area contributed by atoms with Crippen molar-refractivity contribution < 1.29 is 14.3 Å². The number of hydrogen-bond acceptors (Lipinski definition) is 4. The standard InChI is InChI=1S/C16H20N2O3/c1-12-15(21-11-19)10-14-4-3-7-18(14)16(12)17(2)13-5-8-20-9-6-13/h3-4,7,10-11,13H,5-6,8-9H2,1-2H3. The van der Waals surface area contributed by atoms with Gasteiger partial charge >= 0.3 is 0 Å². The Balaban J connectivity index is 2.08. The number of aromatic nitrogens is 1. The molecule has 5 nitrogen and oxygen atoms in total. The maximum Gasteiger partial charge on any atom is 0.298 e. The second kappa shape index (κ2) is 5.77. The summed E-state index contributed by atoms with van der Waals surface area (Å²) in [6, 6.07) is 6.35. The number of nitrogens with zero attached hydrogens (tertiary/aromatic N) is 2. The molecule has 0 spiro atoms. The number of fused-ring (bicyclic) bond motifs is 1. The van der Waals surface area contributed by atoms with E-state index in [1.807, 2.05) is 31.3 Å². The number of carbonyl (C=O) groups is 1. The zero-order chi connectivity index (χ0) is 14.8. The van der Waals surface area contributed by atoms with Crippen LogP contribution in [0.2, 0.25) is 0 Å². The van der Waals surface area contributed by atoms with Gasteiger partial charge in [0.25, 0.3) is 6.47 Å². The molecule has 0 atom stereocenters. The summed E-state index contributed by atoms with van der Waals surface area (Å²) in [7, 11) is 2.10. The molecular weight excluding hydrogens is 268 g/mol. The molecular formula is C16H20N2O3. The number of ether oxygens (including phenoxy) is 2. The lowest BCUT2D eigenvalue weighted by Crippen LogP contribution is -2.38. The van der Waals surface area contributed by atoms with Gasteiger partial charge < -0.3 is 18.8 Å². The average molecular weight is 288 g/mol. The van der Waals surface area contributed by atoms with Crippen LogP contribution in [0.4, 0.5) is 5.82 Å². The maximum atomic E-state index is 10.7. The molecule has 3 heterocycles. The fraction of sp³-hybridized carbons (Fsp3) is 0.438. The van der Waals surface area contributed by atoms with Gasteiger partial charge in [-0.15, -0.1) is 0 Å². The van der Waals surface area contributed by atoms with E-state index in [1.165, 1.54) is 0 Å². The van der Waals surface area contributed by atoms with Gasteiger partial charge in [0.15, 0.2) is 0 Å². The Morgan fingerprint density at radius 2 is 2.19 bits per heavy atom. The van der Waals surface area contributed by atoms with Gasteiger partial charge in [0, 0.05) is 44.1 Å². The van der Waals surface area contributed by atoms with E-state index in [0.29, 0.717) is 18.3 Å². The maximum absolute atomic E-state index is 10.7. The fourth-order valence-electron chi connectivity index (χ4n) is 3.09. The highest BCUT2D eigenvalue weighted by atomic mass is 16.5. The van der Waals surface area contributed by atoms with Crippen LogP contribution < -0.4 is 9.64 Å². The van der Waals surface area contributed by atoms with Crippen LogP contribution in [0.3, 0.4) is 0 Å². The highest BCUT2D eigenvalue weighted by molar-refractivity contribution is 5.67. The van der Waals surface area contributed by atoms with Crippen LogP contribution in [-0.4, -0.2) is 37.2 Å². The number of anilines is 1. The van der Waals surface area contributed by atoms with Crippen molar-refractivity contribution in [2.45, 2.75) is 25.8 Å². The van der Waals surface area contributed by atoms with Gasteiger partial charge in [-0.2, -0.15) is 0 Å².